The molecule has 0 radical (unpaired) electrons. The van der Waals surface area contributed by atoms with Gasteiger partial charge in [0.2, 0.25) is 0 Å². The Hall–Kier alpha value is -4.11. The van der Waals surface area contributed by atoms with Gasteiger partial charge >= 0.3 is 6.09 Å². The lowest BCUT2D eigenvalue weighted by atomic mass is 9.89. The van der Waals surface area contributed by atoms with Gasteiger partial charge < -0.3 is 25.8 Å². The van der Waals surface area contributed by atoms with Gasteiger partial charge in [0.15, 0.2) is 0 Å². The minimum absolute atomic E-state index is 0.170. The molecule has 2 aliphatic rings. The van der Waals surface area contributed by atoms with Crippen molar-refractivity contribution in [1.29, 1.82) is 0 Å². The molecule has 0 unspecified atom stereocenters. The van der Waals surface area contributed by atoms with E-state index in [1.165, 1.54) is 32.1 Å². The third kappa shape index (κ3) is 7.35. The van der Waals surface area contributed by atoms with E-state index in [1.54, 1.807) is 6.20 Å². The van der Waals surface area contributed by atoms with Crippen LogP contribution in [-0.2, 0) is 6.61 Å². The topological polar surface area (TPSA) is 118 Å². The summed E-state index contributed by atoms with van der Waals surface area (Å²) >= 11 is 0. The fourth-order valence-corrected chi connectivity index (χ4v) is 5.74. The minimum Gasteiger partial charge on any atom is -0.489 e. The van der Waals surface area contributed by atoms with Crippen LogP contribution >= 0.6 is 0 Å². The molecular formula is C32H40N6O3. The molecule has 9 nitrogen and oxygen atoms in total. The third-order valence-corrected chi connectivity index (χ3v) is 7.98. The Morgan fingerprint density at radius 2 is 1.80 bits per heavy atom. The molecule has 2 aromatic carbocycles. The fourth-order valence-electron chi connectivity index (χ4n) is 5.74. The van der Waals surface area contributed by atoms with E-state index in [0.717, 1.165) is 59.8 Å². The summed E-state index contributed by atoms with van der Waals surface area (Å²) < 4.78 is 8.18. The summed E-state index contributed by atoms with van der Waals surface area (Å²) in [5.74, 6) is 2.90. The standard InChI is InChI=1S/C25H26N4O.C7H14N2O2/c26-24-23-22(28-25(29(23)15-14-27-24)19-10-5-2-6-11-19)20-12-7-13-21(16-20)30-17-18-8-3-1-4-9-18;1-9-4-2-6(3-5-9)8-7(10)11/h1,3-4,7-9,12-16,19H,2,5-6,10-11,17H2,(H2,26,27);6,8H,2-5H2,1H3,(H,10,11). The van der Waals surface area contributed by atoms with E-state index in [-0.39, 0.29) is 6.04 Å². The molecule has 1 saturated carbocycles. The maximum absolute atomic E-state index is 10.2. The lowest BCUT2D eigenvalue weighted by Crippen LogP contribution is -2.42. The monoisotopic (exact) mass is 556 g/mol. The molecule has 3 heterocycles. The van der Waals surface area contributed by atoms with Gasteiger partial charge in [-0.2, -0.15) is 0 Å². The predicted molar refractivity (Wildman–Crippen MR) is 161 cm³/mol. The van der Waals surface area contributed by atoms with E-state index in [1.807, 2.05) is 42.6 Å². The van der Waals surface area contributed by atoms with Gasteiger partial charge in [-0.05, 0) is 63.5 Å². The number of amides is 1. The maximum Gasteiger partial charge on any atom is 0.404 e. The summed E-state index contributed by atoms with van der Waals surface area (Å²) in [5, 5.41) is 10.9. The zero-order chi connectivity index (χ0) is 28.6. The lowest BCUT2D eigenvalue weighted by molar-refractivity contribution is 0.177. The number of nitrogens with two attached hydrogens (primary N) is 1. The maximum atomic E-state index is 10.2. The van der Waals surface area contributed by atoms with Crippen molar-refractivity contribution < 1.29 is 14.6 Å². The molecule has 0 bridgehead atoms. The first kappa shape index (κ1) is 28.4. The summed E-state index contributed by atoms with van der Waals surface area (Å²) in [7, 11) is 2.05. The highest BCUT2D eigenvalue weighted by Gasteiger charge is 2.24. The zero-order valence-electron chi connectivity index (χ0n) is 23.7. The lowest BCUT2D eigenvalue weighted by Gasteiger charge is -2.28. The van der Waals surface area contributed by atoms with Crippen molar-refractivity contribution in [2.45, 2.75) is 63.5 Å². The van der Waals surface area contributed by atoms with Crippen LogP contribution in [0, 0.1) is 0 Å². The van der Waals surface area contributed by atoms with Crippen LogP contribution in [0.2, 0.25) is 0 Å². The molecular weight excluding hydrogens is 516 g/mol. The summed E-state index contributed by atoms with van der Waals surface area (Å²) in [5.41, 5.74) is 10.2. The van der Waals surface area contributed by atoms with Crippen molar-refractivity contribution in [3.63, 3.8) is 0 Å². The summed E-state index contributed by atoms with van der Waals surface area (Å²) in [4.78, 5) is 21.9. The van der Waals surface area contributed by atoms with Crippen LogP contribution in [0.3, 0.4) is 0 Å². The highest BCUT2D eigenvalue weighted by atomic mass is 16.5. The molecule has 6 rings (SSSR count). The first-order chi connectivity index (χ1) is 20.0. The number of likely N-dealkylation sites (tertiary alicyclic amines) is 1. The van der Waals surface area contributed by atoms with Crippen LogP contribution in [-0.4, -0.2) is 56.6 Å². The van der Waals surface area contributed by atoms with Crippen molar-refractivity contribution in [3.05, 3.63) is 78.4 Å². The van der Waals surface area contributed by atoms with E-state index in [2.05, 4.69) is 44.8 Å². The molecule has 1 saturated heterocycles. The van der Waals surface area contributed by atoms with E-state index >= 15 is 0 Å². The molecule has 1 amide bonds. The Bertz CT molecular complexity index is 1430. The number of ether oxygens (including phenoxy) is 1. The second-order valence-corrected chi connectivity index (χ2v) is 11.0. The number of nitrogens with zero attached hydrogens (tertiary/aromatic N) is 4. The number of nitrogens with one attached hydrogen (secondary N) is 1. The average molecular weight is 557 g/mol. The van der Waals surface area contributed by atoms with Gasteiger partial charge in [0.25, 0.3) is 0 Å². The molecule has 0 atom stereocenters. The molecule has 0 spiro atoms. The number of fused-ring (bicyclic) bond motifs is 1. The van der Waals surface area contributed by atoms with Gasteiger partial charge in [-0.1, -0.05) is 61.7 Å². The first-order valence-electron chi connectivity index (χ1n) is 14.6. The van der Waals surface area contributed by atoms with Gasteiger partial charge in [-0.15, -0.1) is 0 Å². The molecule has 4 aromatic rings. The van der Waals surface area contributed by atoms with Gasteiger partial charge in [-0.3, -0.25) is 4.40 Å². The zero-order valence-corrected chi connectivity index (χ0v) is 23.7. The van der Waals surface area contributed by atoms with Crippen LogP contribution in [0.15, 0.2) is 67.0 Å². The van der Waals surface area contributed by atoms with Crippen molar-refractivity contribution in [3.8, 4) is 17.0 Å². The summed E-state index contributed by atoms with van der Waals surface area (Å²) in [6.45, 7) is 2.52. The van der Waals surface area contributed by atoms with E-state index in [0.29, 0.717) is 18.3 Å². The van der Waals surface area contributed by atoms with E-state index in [4.69, 9.17) is 20.6 Å². The highest BCUT2D eigenvalue weighted by molar-refractivity contribution is 5.85. The Morgan fingerprint density at radius 1 is 1.05 bits per heavy atom. The van der Waals surface area contributed by atoms with Gasteiger partial charge in [0.1, 0.15) is 35.2 Å². The second-order valence-electron chi connectivity index (χ2n) is 11.0. The molecule has 216 valence electrons. The largest absolute Gasteiger partial charge is 0.489 e. The molecule has 1 aliphatic heterocycles. The number of rotatable bonds is 6. The number of carboxylic acid groups (broad SMARTS) is 1. The summed E-state index contributed by atoms with van der Waals surface area (Å²) in [6.07, 6.45) is 10.9. The average Bonchev–Trinajstić information content (AvgIpc) is 3.40. The molecule has 2 fully saturated rings. The molecule has 4 N–H and O–H groups in total. The predicted octanol–water partition coefficient (Wildman–Crippen LogP) is 5.95. The SMILES string of the molecule is CN1CCC(NC(=O)O)CC1.Nc1nccn2c(C3CCCCC3)nc(-c3cccc(OCc4ccccc4)c3)c12. The molecule has 1 aliphatic carbocycles. The van der Waals surface area contributed by atoms with Crippen molar-refractivity contribution in [2.24, 2.45) is 0 Å². The number of hydrogen-bond donors (Lipinski definition) is 3. The van der Waals surface area contributed by atoms with Crippen LogP contribution in [0.5, 0.6) is 5.75 Å². The number of hydrogen-bond acceptors (Lipinski definition) is 6. The van der Waals surface area contributed by atoms with Crippen molar-refractivity contribution in [2.75, 3.05) is 25.9 Å². The Kier molecular flexibility index (Phi) is 9.36. The number of benzene rings is 2. The van der Waals surface area contributed by atoms with Crippen LogP contribution in [0.1, 0.15) is 62.3 Å². The Balaban J connectivity index is 0.000000259. The number of anilines is 1. The van der Waals surface area contributed by atoms with E-state index in [9.17, 15) is 4.79 Å². The number of aromatic nitrogens is 3. The minimum atomic E-state index is -0.903. The molecule has 9 heteroatoms. The Morgan fingerprint density at radius 3 is 2.54 bits per heavy atom. The number of nitrogen functional groups attached to an aromatic ring is 1. The van der Waals surface area contributed by atoms with Crippen molar-refractivity contribution >= 4 is 17.4 Å². The Labute approximate surface area is 241 Å². The number of carbonyl (C=O) groups is 1. The van der Waals surface area contributed by atoms with Gasteiger partial charge in [-0.25, -0.2) is 14.8 Å². The quantitative estimate of drug-likeness (QED) is 0.268. The van der Waals surface area contributed by atoms with Crippen LogP contribution in [0.25, 0.3) is 16.8 Å². The normalized spacial score (nSPS) is 16.6. The van der Waals surface area contributed by atoms with Gasteiger partial charge in [0.05, 0.1) is 0 Å². The molecule has 2 aromatic heterocycles. The van der Waals surface area contributed by atoms with Crippen LogP contribution in [0.4, 0.5) is 10.6 Å². The number of imidazole rings is 1. The van der Waals surface area contributed by atoms with Crippen molar-refractivity contribution in [1.82, 2.24) is 24.6 Å². The summed E-state index contributed by atoms with van der Waals surface area (Å²) in [6, 6.07) is 18.5. The molecule has 41 heavy (non-hydrogen) atoms. The van der Waals surface area contributed by atoms with E-state index < -0.39 is 6.09 Å². The fraction of sp³-hybridized carbons (Fsp3) is 0.406. The first-order valence-corrected chi connectivity index (χ1v) is 14.6. The second kappa shape index (κ2) is 13.5. The third-order valence-electron chi connectivity index (χ3n) is 7.98. The van der Waals surface area contributed by atoms with Gasteiger partial charge in [0, 0.05) is 29.9 Å². The van der Waals surface area contributed by atoms with Crippen LogP contribution < -0.4 is 15.8 Å². The number of piperidine rings is 1. The highest BCUT2D eigenvalue weighted by Crippen LogP contribution is 2.37. The smallest absolute Gasteiger partial charge is 0.404 e.